The number of aliphatic hydroxyl groups excluding tert-OH is 8. The van der Waals surface area contributed by atoms with E-state index in [4.69, 9.17) is 39.4 Å². The highest BCUT2D eigenvalue weighted by Crippen LogP contribution is 2.35. The summed E-state index contributed by atoms with van der Waals surface area (Å²) < 4.78 is 15.4. The maximum atomic E-state index is 10.00. The van der Waals surface area contributed by atoms with Gasteiger partial charge in [0.05, 0.1) is 13.2 Å². The van der Waals surface area contributed by atoms with Gasteiger partial charge in [0.2, 0.25) is 5.79 Å². The third-order valence-electron chi connectivity index (χ3n) is 4.07. The molecule has 10 N–H and O–H groups in total. The van der Waals surface area contributed by atoms with Gasteiger partial charge < -0.3 is 65.3 Å². The molecule has 2 saturated heterocycles. The van der Waals surface area contributed by atoms with Crippen molar-refractivity contribution >= 4 is 6.16 Å². The van der Waals surface area contributed by atoms with Gasteiger partial charge >= 0.3 is 6.16 Å². The molecule has 27 heavy (non-hydrogen) atoms. The Kier molecular flexibility index (Phi) is 8.71. The van der Waals surface area contributed by atoms with Crippen LogP contribution in [0.25, 0.3) is 0 Å². The molecule has 14 heteroatoms. The van der Waals surface area contributed by atoms with Gasteiger partial charge in [0.25, 0.3) is 0 Å². The number of hydrogen-bond donors (Lipinski definition) is 10. The van der Waals surface area contributed by atoms with Crippen molar-refractivity contribution in [3.63, 3.8) is 0 Å². The molecule has 0 aromatic carbocycles. The van der Waals surface area contributed by atoms with E-state index >= 15 is 0 Å². The van der Waals surface area contributed by atoms with Crippen LogP contribution < -0.4 is 0 Å². The van der Waals surface area contributed by atoms with Crippen molar-refractivity contribution in [3.8, 4) is 0 Å². The zero-order valence-corrected chi connectivity index (χ0v) is 13.8. The minimum Gasteiger partial charge on any atom is -0.450 e. The molecule has 2 rings (SSSR count). The Morgan fingerprint density at radius 1 is 0.852 bits per heavy atom. The highest BCUT2D eigenvalue weighted by Gasteiger charge is 2.58. The zero-order valence-electron chi connectivity index (χ0n) is 13.8. The Morgan fingerprint density at radius 2 is 1.37 bits per heavy atom. The minimum absolute atomic E-state index is 0.669. The topological polar surface area (TPSA) is 247 Å². The summed E-state index contributed by atoms with van der Waals surface area (Å²) in [4.78, 5) is 8.56. The lowest BCUT2D eigenvalue weighted by molar-refractivity contribution is -0.383. The summed E-state index contributed by atoms with van der Waals surface area (Å²) in [5.41, 5.74) is 0. The van der Waals surface area contributed by atoms with Crippen molar-refractivity contribution in [3.05, 3.63) is 0 Å². The average molecular weight is 404 g/mol. The van der Waals surface area contributed by atoms with Crippen molar-refractivity contribution in [2.24, 2.45) is 0 Å². The molecule has 14 nitrogen and oxygen atoms in total. The van der Waals surface area contributed by atoms with Crippen LogP contribution in [0.4, 0.5) is 4.79 Å². The third kappa shape index (κ3) is 5.21. The molecule has 0 bridgehead atoms. The fraction of sp³-hybridized carbons (Fsp3) is 0.923. The molecule has 0 amide bonds. The standard InChI is InChI=1S/C12H22O11.CH2O3/c13-1-4-6(16)8(18)9(19)11(21-4)23-12(3-15)10(20)7(17)5(2-14)22-12;2-1(3)4/h4-11,13-20H,1-3H2;(H2,2,3,4)/t4-,5-,6-,7-,8+,9-,10+,11-,12?;/m1./s1. The van der Waals surface area contributed by atoms with E-state index in [1.807, 2.05) is 0 Å². The summed E-state index contributed by atoms with van der Waals surface area (Å²) in [5.74, 6) is -2.22. The lowest BCUT2D eigenvalue weighted by Crippen LogP contribution is -2.62. The fourth-order valence-corrected chi connectivity index (χ4v) is 2.63. The molecule has 0 aromatic heterocycles. The van der Waals surface area contributed by atoms with Gasteiger partial charge in [-0.1, -0.05) is 0 Å². The summed E-state index contributed by atoms with van der Waals surface area (Å²) in [6, 6.07) is 0. The van der Waals surface area contributed by atoms with Gasteiger partial charge in [-0.25, -0.2) is 4.79 Å². The zero-order chi connectivity index (χ0) is 20.9. The Morgan fingerprint density at radius 3 is 1.78 bits per heavy atom. The molecule has 0 aliphatic carbocycles. The molecule has 0 aromatic rings. The Labute approximate surface area is 152 Å². The smallest absolute Gasteiger partial charge is 0.450 e. The van der Waals surface area contributed by atoms with Crippen molar-refractivity contribution < 1.29 is 70.1 Å². The molecular formula is C13H24O14. The Bertz CT molecular complexity index is 470. The van der Waals surface area contributed by atoms with E-state index in [-0.39, 0.29) is 0 Å². The molecule has 0 spiro atoms. The maximum absolute atomic E-state index is 10.00. The molecule has 2 fully saturated rings. The lowest BCUT2D eigenvalue weighted by atomic mass is 9.99. The number of carboxylic acid groups (broad SMARTS) is 2. The number of rotatable bonds is 5. The van der Waals surface area contributed by atoms with Gasteiger partial charge in [0, 0.05) is 0 Å². The van der Waals surface area contributed by atoms with E-state index in [1.54, 1.807) is 0 Å². The van der Waals surface area contributed by atoms with Gasteiger partial charge in [-0.05, 0) is 0 Å². The van der Waals surface area contributed by atoms with Crippen molar-refractivity contribution in [2.45, 2.75) is 54.8 Å². The third-order valence-corrected chi connectivity index (χ3v) is 4.07. The second-order valence-electron chi connectivity index (χ2n) is 5.84. The quantitative estimate of drug-likeness (QED) is 0.206. The van der Waals surface area contributed by atoms with Crippen molar-refractivity contribution in [1.29, 1.82) is 0 Å². The van der Waals surface area contributed by atoms with E-state index in [1.165, 1.54) is 0 Å². The van der Waals surface area contributed by atoms with Crippen LogP contribution in [-0.2, 0) is 14.2 Å². The van der Waals surface area contributed by atoms with Gasteiger partial charge in [-0.15, -0.1) is 0 Å². The van der Waals surface area contributed by atoms with Gasteiger partial charge in [0.1, 0.15) is 49.3 Å². The first-order valence-corrected chi connectivity index (χ1v) is 7.70. The van der Waals surface area contributed by atoms with Gasteiger partial charge in [-0.3, -0.25) is 0 Å². The van der Waals surface area contributed by atoms with Crippen molar-refractivity contribution in [2.75, 3.05) is 19.8 Å². The van der Waals surface area contributed by atoms with E-state index < -0.39 is 80.8 Å². The molecule has 2 aliphatic rings. The van der Waals surface area contributed by atoms with E-state index in [0.717, 1.165) is 0 Å². The summed E-state index contributed by atoms with van der Waals surface area (Å²) in [6.07, 6.45) is -14.5. The second kappa shape index (κ2) is 9.85. The predicted molar refractivity (Wildman–Crippen MR) is 79.3 cm³/mol. The van der Waals surface area contributed by atoms with Crippen LogP contribution in [0, 0.1) is 0 Å². The molecule has 9 atom stereocenters. The number of ether oxygens (including phenoxy) is 3. The highest BCUT2D eigenvalue weighted by molar-refractivity contribution is 5.53. The summed E-state index contributed by atoms with van der Waals surface area (Å²) >= 11 is 0. The van der Waals surface area contributed by atoms with Crippen LogP contribution in [0.3, 0.4) is 0 Å². The van der Waals surface area contributed by atoms with E-state index in [0.29, 0.717) is 0 Å². The van der Waals surface area contributed by atoms with Gasteiger partial charge in [-0.2, -0.15) is 0 Å². The van der Waals surface area contributed by atoms with Crippen LogP contribution in [0.5, 0.6) is 0 Å². The molecule has 160 valence electrons. The summed E-state index contributed by atoms with van der Waals surface area (Å²) in [6.45, 7) is -2.32. The average Bonchev–Trinajstić information content (AvgIpc) is 2.86. The molecule has 2 heterocycles. The van der Waals surface area contributed by atoms with E-state index in [2.05, 4.69) is 0 Å². The second-order valence-corrected chi connectivity index (χ2v) is 5.84. The largest absolute Gasteiger partial charge is 0.503 e. The number of hydrogen-bond acceptors (Lipinski definition) is 12. The van der Waals surface area contributed by atoms with Crippen LogP contribution in [-0.4, -0.2) is 132 Å². The van der Waals surface area contributed by atoms with Crippen molar-refractivity contribution in [1.82, 2.24) is 0 Å². The molecular weight excluding hydrogens is 380 g/mol. The highest BCUT2D eigenvalue weighted by atomic mass is 16.8. The lowest BCUT2D eigenvalue weighted by Gasteiger charge is -2.43. The molecule has 2 aliphatic heterocycles. The predicted octanol–water partition coefficient (Wildman–Crippen LogP) is -5.17. The van der Waals surface area contributed by atoms with Crippen LogP contribution in [0.2, 0.25) is 0 Å². The van der Waals surface area contributed by atoms with Crippen LogP contribution in [0.15, 0.2) is 0 Å². The van der Waals surface area contributed by atoms with Gasteiger partial charge in [0.15, 0.2) is 6.29 Å². The molecule has 0 saturated carbocycles. The number of aliphatic hydroxyl groups is 8. The summed E-state index contributed by atoms with van der Waals surface area (Å²) in [7, 11) is 0. The fourth-order valence-electron chi connectivity index (χ4n) is 2.63. The molecule has 0 radical (unpaired) electrons. The first-order chi connectivity index (χ1) is 12.5. The Balaban J connectivity index is 0.000000828. The first kappa shape index (κ1) is 23.9. The summed E-state index contributed by atoms with van der Waals surface area (Å²) in [5, 5.41) is 90.6. The van der Waals surface area contributed by atoms with Crippen LogP contribution in [0.1, 0.15) is 0 Å². The monoisotopic (exact) mass is 404 g/mol. The number of carbonyl (C=O) groups is 1. The SMILES string of the molecule is O=C(O)O.OC[C@H]1OC(CO)(O[C@H]2O[C@H](CO)[C@@H](O)[C@H](O)[C@H]2O)[C@@H](O)[C@@H]1O. The minimum atomic E-state index is -2.22. The molecule has 1 unspecified atom stereocenters. The normalized spacial score (nSPS) is 44.4. The first-order valence-electron chi connectivity index (χ1n) is 7.70. The maximum Gasteiger partial charge on any atom is 0.503 e. The Hall–Kier alpha value is -1.17. The van der Waals surface area contributed by atoms with E-state index in [9.17, 15) is 30.6 Å². The van der Waals surface area contributed by atoms with Crippen LogP contribution >= 0.6 is 0 Å².